The molecule has 1 aromatic heterocycles. The molecule has 4 rings (SSSR count). The maximum Gasteiger partial charge on any atom is 0.410 e. The van der Waals surface area contributed by atoms with Crippen LogP contribution in [0.4, 0.5) is 4.79 Å². The van der Waals surface area contributed by atoms with Crippen LogP contribution in [0.1, 0.15) is 61.6 Å². The number of nitrogens with one attached hydrogen (secondary N) is 1. The van der Waals surface area contributed by atoms with Gasteiger partial charge in [-0.2, -0.15) is 5.10 Å². The van der Waals surface area contributed by atoms with Crippen LogP contribution in [0.15, 0.2) is 36.5 Å². The molecule has 1 atom stereocenters. The van der Waals surface area contributed by atoms with E-state index in [1.165, 1.54) is 0 Å². The molecule has 2 aliphatic rings. The highest BCUT2D eigenvalue weighted by molar-refractivity contribution is 5.95. The van der Waals surface area contributed by atoms with Gasteiger partial charge in [-0.05, 0) is 56.9 Å². The van der Waals surface area contributed by atoms with E-state index in [0.29, 0.717) is 24.4 Å². The lowest BCUT2D eigenvalue weighted by Gasteiger charge is -2.34. The lowest BCUT2D eigenvalue weighted by molar-refractivity contribution is 0.0165. The van der Waals surface area contributed by atoms with Crippen molar-refractivity contribution in [2.45, 2.75) is 52.1 Å². The van der Waals surface area contributed by atoms with Gasteiger partial charge in [-0.15, -0.1) is 0 Å². The third kappa shape index (κ3) is 4.97. The number of hydrogen-bond acceptors (Lipinski definition) is 4. The van der Waals surface area contributed by atoms with Crippen molar-refractivity contribution in [2.24, 2.45) is 18.4 Å². The molecule has 7 heteroatoms. The lowest BCUT2D eigenvalue weighted by atomic mass is 9.91. The Morgan fingerprint density at radius 1 is 1.19 bits per heavy atom. The van der Waals surface area contributed by atoms with Gasteiger partial charge in [0, 0.05) is 33.1 Å². The SMILES string of the molecule is Cn1ncc(C(=O)NCC2CC23CCN(C(=O)OC(C)(C)C)CC3)c1Cc1ccccc1. The number of carbonyl (C=O) groups is 2. The third-order valence-electron chi connectivity index (χ3n) is 6.80. The normalized spacial score (nSPS) is 19.6. The number of benzene rings is 1. The van der Waals surface area contributed by atoms with Crippen molar-refractivity contribution in [2.75, 3.05) is 19.6 Å². The number of aromatic nitrogens is 2. The van der Waals surface area contributed by atoms with Crippen LogP contribution in [0.5, 0.6) is 0 Å². The minimum Gasteiger partial charge on any atom is -0.444 e. The first kappa shape index (κ1) is 22.4. The minimum absolute atomic E-state index is 0.0581. The molecular weight excluding hydrogens is 404 g/mol. The summed E-state index contributed by atoms with van der Waals surface area (Å²) in [6.07, 6.45) is 5.17. The van der Waals surface area contributed by atoms with Crippen LogP contribution >= 0.6 is 0 Å². The molecule has 32 heavy (non-hydrogen) atoms. The van der Waals surface area contributed by atoms with Gasteiger partial charge >= 0.3 is 6.09 Å². The summed E-state index contributed by atoms with van der Waals surface area (Å²) in [5.41, 5.74) is 2.51. The molecule has 2 aromatic rings. The van der Waals surface area contributed by atoms with Crippen LogP contribution in [-0.4, -0.2) is 51.9 Å². The number of nitrogens with zero attached hydrogens (tertiary/aromatic N) is 3. The van der Waals surface area contributed by atoms with E-state index in [9.17, 15) is 9.59 Å². The highest BCUT2D eigenvalue weighted by atomic mass is 16.6. The number of likely N-dealkylation sites (tertiary alicyclic amines) is 1. The molecule has 7 nitrogen and oxygen atoms in total. The standard InChI is InChI=1S/C25H34N4O3/c1-24(2,3)32-23(31)29-12-10-25(11-13-29)15-19(25)16-26-22(30)20-17-27-28(4)21(20)14-18-8-6-5-7-9-18/h5-9,17,19H,10-16H2,1-4H3,(H,26,30). The Kier molecular flexibility index (Phi) is 6.01. The van der Waals surface area contributed by atoms with Gasteiger partial charge in [-0.1, -0.05) is 30.3 Å². The Balaban J connectivity index is 1.28. The van der Waals surface area contributed by atoms with E-state index in [-0.39, 0.29) is 17.4 Å². The monoisotopic (exact) mass is 438 g/mol. The highest BCUT2D eigenvalue weighted by Crippen LogP contribution is 2.59. The number of rotatable bonds is 5. The van der Waals surface area contributed by atoms with E-state index >= 15 is 0 Å². The predicted octanol–water partition coefficient (Wildman–Crippen LogP) is 3.78. The van der Waals surface area contributed by atoms with Crippen molar-refractivity contribution in [3.8, 4) is 0 Å². The average molecular weight is 439 g/mol. The van der Waals surface area contributed by atoms with Gasteiger partial charge in [0.25, 0.3) is 5.91 Å². The van der Waals surface area contributed by atoms with E-state index in [4.69, 9.17) is 4.74 Å². The summed E-state index contributed by atoms with van der Waals surface area (Å²) in [5.74, 6) is 0.416. The molecule has 1 spiro atoms. The summed E-state index contributed by atoms with van der Waals surface area (Å²) in [4.78, 5) is 27.0. The molecule has 2 amide bonds. The van der Waals surface area contributed by atoms with Gasteiger partial charge in [0.2, 0.25) is 0 Å². The van der Waals surface area contributed by atoms with Gasteiger partial charge in [0.05, 0.1) is 17.5 Å². The van der Waals surface area contributed by atoms with Crippen molar-refractivity contribution in [3.05, 3.63) is 53.3 Å². The van der Waals surface area contributed by atoms with E-state index in [1.54, 1.807) is 10.9 Å². The predicted molar refractivity (Wildman–Crippen MR) is 122 cm³/mol. The fourth-order valence-electron chi connectivity index (χ4n) is 4.76. The maximum atomic E-state index is 12.9. The van der Waals surface area contributed by atoms with Gasteiger partial charge in [-0.25, -0.2) is 4.79 Å². The number of piperidine rings is 1. The van der Waals surface area contributed by atoms with Crippen LogP contribution in [0, 0.1) is 11.3 Å². The van der Waals surface area contributed by atoms with Crippen molar-refractivity contribution >= 4 is 12.0 Å². The zero-order chi connectivity index (χ0) is 22.9. The van der Waals surface area contributed by atoms with E-state index < -0.39 is 5.60 Å². The molecule has 172 valence electrons. The summed E-state index contributed by atoms with van der Waals surface area (Å²) < 4.78 is 7.28. The Hall–Kier alpha value is -2.83. The van der Waals surface area contributed by atoms with Crippen molar-refractivity contribution < 1.29 is 14.3 Å². The van der Waals surface area contributed by atoms with Crippen molar-refractivity contribution in [1.82, 2.24) is 20.0 Å². The fourth-order valence-corrected chi connectivity index (χ4v) is 4.76. The third-order valence-corrected chi connectivity index (χ3v) is 6.80. The summed E-state index contributed by atoms with van der Waals surface area (Å²) in [7, 11) is 1.88. The Labute approximate surface area is 190 Å². The number of aryl methyl sites for hydroxylation is 1. The first-order valence-corrected chi connectivity index (χ1v) is 11.5. The van der Waals surface area contributed by atoms with Crippen molar-refractivity contribution in [1.29, 1.82) is 0 Å². The largest absolute Gasteiger partial charge is 0.444 e. The second kappa shape index (κ2) is 8.60. The Bertz CT molecular complexity index is 969. The molecule has 1 saturated carbocycles. The first-order chi connectivity index (χ1) is 15.2. The van der Waals surface area contributed by atoms with Crippen LogP contribution in [0.3, 0.4) is 0 Å². The van der Waals surface area contributed by atoms with E-state index in [2.05, 4.69) is 22.5 Å². The summed E-state index contributed by atoms with van der Waals surface area (Å²) >= 11 is 0. The molecule has 1 unspecified atom stereocenters. The van der Waals surface area contributed by atoms with E-state index in [0.717, 1.165) is 43.6 Å². The molecule has 0 bridgehead atoms. The number of ether oxygens (including phenoxy) is 1. The molecule has 1 saturated heterocycles. The quantitative estimate of drug-likeness (QED) is 0.771. The number of hydrogen-bond donors (Lipinski definition) is 1. The van der Waals surface area contributed by atoms with Gasteiger partial charge < -0.3 is 15.0 Å². The van der Waals surface area contributed by atoms with Crippen LogP contribution < -0.4 is 5.32 Å². The molecule has 1 aromatic carbocycles. The van der Waals surface area contributed by atoms with Gasteiger partial charge in [0.15, 0.2) is 0 Å². The summed E-state index contributed by atoms with van der Waals surface area (Å²) in [6, 6.07) is 10.1. The van der Waals surface area contributed by atoms with Crippen LogP contribution in [0.25, 0.3) is 0 Å². The maximum absolute atomic E-state index is 12.9. The first-order valence-electron chi connectivity index (χ1n) is 11.5. The molecule has 1 aliphatic carbocycles. The molecule has 1 aliphatic heterocycles. The Morgan fingerprint density at radius 3 is 2.53 bits per heavy atom. The summed E-state index contributed by atoms with van der Waals surface area (Å²) in [5, 5.41) is 7.46. The second-order valence-corrected chi connectivity index (χ2v) is 10.2. The van der Waals surface area contributed by atoms with Gasteiger partial charge in [-0.3, -0.25) is 9.48 Å². The smallest absolute Gasteiger partial charge is 0.410 e. The molecular formula is C25H34N4O3. The topological polar surface area (TPSA) is 76.5 Å². The molecule has 2 heterocycles. The minimum atomic E-state index is -0.468. The van der Waals surface area contributed by atoms with Crippen LogP contribution in [-0.2, 0) is 18.2 Å². The van der Waals surface area contributed by atoms with Crippen LogP contribution in [0.2, 0.25) is 0 Å². The molecule has 2 fully saturated rings. The second-order valence-electron chi connectivity index (χ2n) is 10.2. The average Bonchev–Trinajstić information content (AvgIpc) is 3.28. The van der Waals surface area contributed by atoms with Gasteiger partial charge in [0.1, 0.15) is 5.60 Å². The fraction of sp³-hybridized carbons (Fsp3) is 0.560. The molecule has 1 N–H and O–H groups in total. The zero-order valence-electron chi connectivity index (χ0n) is 19.6. The zero-order valence-corrected chi connectivity index (χ0v) is 19.6. The lowest BCUT2D eigenvalue weighted by Crippen LogP contribution is -2.43. The highest BCUT2D eigenvalue weighted by Gasteiger charge is 2.55. The Morgan fingerprint density at radius 2 is 1.88 bits per heavy atom. The molecule has 0 radical (unpaired) electrons. The van der Waals surface area contributed by atoms with Crippen molar-refractivity contribution in [3.63, 3.8) is 0 Å². The number of carbonyl (C=O) groups excluding carboxylic acids is 2. The summed E-state index contributed by atoms with van der Waals surface area (Å²) in [6.45, 7) is 7.80. The number of amides is 2. The van der Waals surface area contributed by atoms with E-state index in [1.807, 2.05) is 50.9 Å².